The molecule has 86 valence electrons. The van der Waals surface area contributed by atoms with Gasteiger partial charge < -0.3 is 5.32 Å². The molecule has 1 N–H and O–H groups in total. The van der Waals surface area contributed by atoms with Gasteiger partial charge in [-0.2, -0.15) is 0 Å². The number of rotatable bonds is 2. The van der Waals surface area contributed by atoms with Gasteiger partial charge in [0, 0.05) is 28.7 Å². The third-order valence-electron chi connectivity index (χ3n) is 2.45. The lowest BCUT2D eigenvalue weighted by molar-refractivity contribution is 0.102. The fourth-order valence-corrected chi connectivity index (χ4v) is 1.66. The van der Waals surface area contributed by atoms with Gasteiger partial charge in [0.25, 0.3) is 5.91 Å². The molecule has 0 aliphatic carbocycles. The van der Waals surface area contributed by atoms with Gasteiger partial charge in [0.05, 0.1) is 0 Å². The summed E-state index contributed by atoms with van der Waals surface area (Å²) in [5.41, 5.74) is 2.07. The first-order valence-electron chi connectivity index (χ1n) is 5.15. The van der Waals surface area contributed by atoms with E-state index in [1.165, 1.54) is 0 Å². The molecule has 4 heteroatoms. The molecule has 1 aromatic heterocycles. The number of hydrogen-bond donors (Lipinski definition) is 1. The summed E-state index contributed by atoms with van der Waals surface area (Å²) in [4.78, 5) is 15.9. The zero-order valence-corrected chi connectivity index (χ0v) is 10.0. The fraction of sp³-hybridized carbons (Fsp3) is 0.0769. The molecule has 0 bridgehead atoms. The Labute approximate surface area is 104 Å². The van der Waals surface area contributed by atoms with Gasteiger partial charge in [0.2, 0.25) is 0 Å². The number of nitrogens with zero attached hydrogens (tertiary/aromatic N) is 1. The predicted octanol–water partition coefficient (Wildman–Crippen LogP) is 3.30. The van der Waals surface area contributed by atoms with Crippen LogP contribution in [0.25, 0.3) is 0 Å². The number of hydrogen-bond acceptors (Lipinski definition) is 2. The molecule has 0 aliphatic heterocycles. The van der Waals surface area contributed by atoms with E-state index in [0.29, 0.717) is 16.3 Å². The normalized spacial score (nSPS) is 10.0. The molecule has 1 aromatic carbocycles. The lowest BCUT2D eigenvalue weighted by atomic mass is 10.1. The van der Waals surface area contributed by atoms with Crippen LogP contribution in [0.5, 0.6) is 0 Å². The molecule has 2 aromatic rings. The SMILES string of the molecule is Cc1c(Cl)cccc1C(=O)Nc1ccncc1. The van der Waals surface area contributed by atoms with Crippen molar-refractivity contribution in [1.82, 2.24) is 4.98 Å². The maximum atomic E-state index is 12.0. The van der Waals surface area contributed by atoms with Gasteiger partial charge in [-0.15, -0.1) is 0 Å². The molecule has 17 heavy (non-hydrogen) atoms. The van der Waals surface area contributed by atoms with Crippen LogP contribution in [0.3, 0.4) is 0 Å². The van der Waals surface area contributed by atoms with Crippen LogP contribution in [0.4, 0.5) is 5.69 Å². The third-order valence-corrected chi connectivity index (χ3v) is 2.86. The minimum Gasteiger partial charge on any atom is -0.322 e. The molecule has 0 radical (unpaired) electrons. The first-order chi connectivity index (χ1) is 8.18. The van der Waals surface area contributed by atoms with Gasteiger partial charge in [0.1, 0.15) is 0 Å². The zero-order valence-electron chi connectivity index (χ0n) is 9.27. The van der Waals surface area contributed by atoms with Crippen LogP contribution in [-0.4, -0.2) is 10.9 Å². The predicted molar refractivity (Wildman–Crippen MR) is 68.4 cm³/mol. The van der Waals surface area contributed by atoms with E-state index < -0.39 is 0 Å². The lowest BCUT2D eigenvalue weighted by Crippen LogP contribution is -2.13. The Morgan fingerprint density at radius 1 is 1.24 bits per heavy atom. The maximum Gasteiger partial charge on any atom is 0.255 e. The molecule has 2 rings (SSSR count). The van der Waals surface area contributed by atoms with E-state index in [1.54, 1.807) is 42.7 Å². The molecule has 0 atom stereocenters. The van der Waals surface area contributed by atoms with Gasteiger partial charge >= 0.3 is 0 Å². The standard InChI is InChI=1S/C13H11ClN2O/c1-9-11(3-2-4-12(9)14)13(17)16-10-5-7-15-8-6-10/h2-8H,1H3,(H,15,16,17). The summed E-state index contributed by atoms with van der Waals surface area (Å²) in [6.45, 7) is 1.82. The zero-order chi connectivity index (χ0) is 12.3. The number of carbonyl (C=O) groups is 1. The van der Waals surface area contributed by atoms with E-state index in [1.807, 2.05) is 6.92 Å². The van der Waals surface area contributed by atoms with Crippen LogP contribution in [-0.2, 0) is 0 Å². The molecule has 0 aliphatic rings. The average molecular weight is 247 g/mol. The molecule has 3 nitrogen and oxygen atoms in total. The highest BCUT2D eigenvalue weighted by molar-refractivity contribution is 6.32. The number of pyridine rings is 1. The third kappa shape index (κ3) is 2.63. The fourth-order valence-electron chi connectivity index (χ4n) is 1.49. The Balaban J connectivity index is 2.24. The smallest absolute Gasteiger partial charge is 0.255 e. The highest BCUT2D eigenvalue weighted by Crippen LogP contribution is 2.19. The van der Waals surface area contributed by atoms with Crippen LogP contribution < -0.4 is 5.32 Å². The van der Waals surface area contributed by atoms with Gasteiger partial charge in [-0.1, -0.05) is 17.7 Å². The Bertz CT molecular complexity index is 540. The summed E-state index contributed by atoms with van der Waals surface area (Å²) in [6.07, 6.45) is 3.25. The van der Waals surface area contributed by atoms with E-state index in [4.69, 9.17) is 11.6 Å². The highest BCUT2D eigenvalue weighted by Gasteiger charge is 2.10. The largest absolute Gasteiger partial charge is 0.322 e. The van der Waals surface area contributed by atoms with Gasteiger partial charge in [0.15, 0.2) is 0 Å². The van der Waals surface area contributed by atoms with Crippen LogP contribution in [0, 0.1) is 6.92 Å². The molecular weight excluding hydrogens is 236 g/mol. The van der Waals surface area contributed by atoms with Crippen molar-refractivity contribution in [2.24, 2.45) is 0 Å². The van der Waals surface area contributed by atoms with E-state index in [2.05, 4.69) is 10.3 Å². The summed E-state index contributed by atoms with van der Waals surface area (Å²) < 4.78 is 0. The van der Waals surface area contributed by atoms with Gasteiger partial charge in [-0.3, -0.25) is 9.78 Å². The molecule has 0 spiro atoms. The summed E-state index contributed by atoms with van der Waals surface area (Å²) in [6, 6.07) is 8.74. The molecule has 1 amide bonds. The van der Waals surface area contributed by atoms with Crippen molar-refractivity contribution in [3.63, 3.8) is 0 Å². The van der Waals surface area contributed by atoms with Crippen molar-refractivity contribution in [3.05, 3.63) is 58.9 Å². The number of amides is 1. The first-order valence-corrected chi connectivity index (χ1v) is 5.53. The van der Waals surface area contributed by atoms with Crippen molar-refractivity contribution >= 4 is 23.2 Å². The summed E-state index contributed by atoms with van der Waals surface area (Å²) in [7, 11) is 0. The second kappa shape index (κ2) is 4.97. The van der Waals surface area contributed by atoms with Crippen molar-refractivity contribution in [3.8, 4) is 0 Å². The monoisotopic (exact) mass is 246 g/mol. The number of halogens is 1. The number of anilines is 1. The molecule has 0 fully saturated rings. The maximum absolute atomic E-state index is 12.0. The van der Waals surface area contributed by atoms with Crippen molar-refractivity contribution in [2.75, 3.05) is 5.32 Å². The average Bonchev–Trinajstić information content (AvgIpc) is 2.34. The van der Waals surface area contributed by atoms with Crippen molar-refractivity contribution < 1.29 is 4.79 Å². The molecule has 0 unspecified atom stereocenters. The first kappa shape index (κ1) is 11.6. The van der Waals surface area contributed by atoms with Crippen LogP contribution in [0.1, 0.15) is 15.9 Å². The number of carbonyl (C=O) groups excluding carboxylic acids is 1. The number of benzene rings is 1. The Morgan fingerprint density at radius 3 is 2.65 bits per heavy atom. The van der Waals surface area contributed by atoms with Crippen molar-refractivity contribution in [2.45, 2.75) is 6.92 Å². The minimum absolute atomic E-state index is 0.170. The summed E-state index contributed by atoms with van der Waals surface area (Å²) >= 11 is 5.97. The summed E-state index contributed by atoms with van der Waals surface area (Å²) in [5, 5.41) is 3.38. The summed E-state index contributed by atoms with van der Waals surface area (Å²) in [5.74, 6) is -0.170. The van der Waals surface area contributed by atoms with Crippen molar-refractivity contribution in [1.29, 1.82) is 0 Å². The molecular formula is C13H11ClN2O. The second-order valence-corrected chi connectivity index (χ2v) is 4.01. The van der Waals surface area contributed by atoms with Gasteiger partial charge in [-0.25, -0.2) is 0 Å². The van der Waals surface area contributed by atoms with E-state index in [9.17, 15) is 4.79 Å². The van der Waals surface area contributed by atoms with E-state index >= 15 is 0 Å². The second-order valence-electron chi connectivity index (χ2n) is 3.60. The quantitative estimate of drug-likeness (QED) is 0.884. The molecule has 0 saturated heterocycles. The lowest BCUT2D eigenvalue weighted by Gasteiger charge is -2.08. The van der Waals surface area contributed by atoms with E-state index in [0.717, 1.165) is 5.56 Å². The minimum atomic E-state index is -0.170. The highest BCUT2D eigenvalue weighted by atomic mass is 35.5. The Morgan fingerprint density at radius 2 is 1.94 bits per heavy atom. The van der Waals surface area contributed by atoms with Gasteiger partial charge in [-0.05, 0) is 36.8 Å². The van der Waals surface area contributed by atoms with Crippen LogP contribution in [0.2, 0.25) is 5.02 Å². The number of nitrogens with one attached hydrogen (secondary N) is 1. The van der Waals surface area contributed by atoms with Crippen LogP contribution in [0.15, 0.2) is 42.7 Å². The topological polar surface area (TPSA) is 42.0 Å². The Kier molecular flexibility index (Phi) is 3.40. The molecule has 0 saturated carbocycles. The molecule has 1 heterocycles. The Hall–Kier alpha value is -1.87. The van der Waals surface area contributed by atoms with E-state index in [-0.39, 0.29) is 5.91 Å². The van der Waals surface area contributed by atoms with Crippen LogP contribution >= 0.6 is 11.6 Å². The number of aromatic nitrogens is 1.